The van der Waals surface area contributed by atoms with E-state index in [0.29, 0.717) is 30.2 Å². The van der Waals surface area contributed by atoms with E-state index in [1.165, 1.54) is 0 Å². The normalized spacial score (nSPS) is 23.3. The Hall–Kier alpha value is -2.05. The van der Waals surface area contributed by atoms with Crippen LogP contribution >= 0.6 is 0 Å². The summed E-state index contributed by atoms with van der Waals surface area (Å²) in [6.45, 7) is 1.97. The molecule has 0 spiro atoms. The van der Waals surface area contributed by atoms with E-state index >= 15 is 0 Å². The molecule has 2 atom stereocenters. The van der Waals surface area contributed by atoms with Gasteiger partial charge in [-0.3, -0.25) is 4.79 Å². The lowest BCUT2D eigenvalue weighted by atomic mass is 10.0. The van der Waals surface area contributed by atoms with Crippen molar-refractivity contribution in [3.8, 4) is 11.5 Å². The number of amides is 1. The standard InChI is InChI=1S/C16H20N2O4/c1-21-14-4-2-3-10-5-11(9-22-15(10)14)16(20)18-7-12-6-17-8-13(12)19/h2-5,12-13,17,19H,6-9H2,1H3,(H,18,20). The van der Waals surface area contributed by atoms with Crippen molar-refractivity contribution >= 4 is 12.0 Å². The second-order valence-corrected chi connectivity index (χ2v) is 5.53. The Balaban J connectivity index is 1.67. The third-order valence-electron chi connectivity index (χ3n) is 4.05. The van der Waals surface area contributed by atoms with Gasteiger partial charge in [0.05, 0.1) is 18.8 Å². The van der Waals surface area contributed by atoms with Gasteiger partial charge in [-0.1, -0.05) is 12.1 Å². The average Bonchev–Trinajstić information content (AvgIpc) is 2.96. The summed E-state index contributed by atoms with van der Waals surface area (Å²) in [6, 6.07) is 5.57. The van der Waals surface area contributed by atoms with E-state index in [-0.39, 0.29) is 18.4 Å². The molecule has 6 nitrogen and oxygen atoms in total. The SMILES string of the molecule is COc1cccc2c1OCC(C(=O)NCC1CNCC1O)=C2. The zero-order chi connectivity index (χ0) is 15.5. The van der Waals surface area contributed by atoms with Gasteiger partial charge in [-0.25, -0.2) is 0 Å². The Kier molecular flexibility index (Phi) is 4.31. The van der Waals surface area contributed by atoms with Crippen molar-refractivity contribution in [2.75, 3.05) is 33.4 Å². The van der Waals surface area contributed by atoms with E-state index in [9.17, 15) is 9.90 Å². The van der Waals surface area contributed by atoms with Gasteiger partial charge in [0.25, 0.3) is 5.91 Å². The maximum absolute atomic E-state index is 12.2. The number of aliphatic hydroxyl groups excluding tert-OH is 1. The average molecular weight is 304 g/mol. The summed E-state index contributed by atoms with van der Waals surface area (Å²) in [7, 11) is 1.59. The highest BCUT2D eigenvalue weighted by molar-refractivity contribution is 5.99. The molecular formula is C16H20N2O4. The molecule has 118 valence electrons. The molecule has 1 saturated heterocycles. The summed E-state index contributed by atoms with van der Waals surface area (Å²) in [5, 5.41) is 15.7. The number of carbonyl (C=O) groups excluding carboxylic acids is 1. The molecule has 2 aliphatic heterocycles. The summed E-state index contributed by atoms with van der Waals surface area (Å²) in [5.74, 6) is 1.22. The minimum Gasteiger partial charge on any atom is -0.493 e. The van der Waals surface area contributed by atoms with Crippen molar-refractivity contribution in [1.29, 1.82) is 0 Å². The zero-order valence-corrected chi connectivity index (χ0v) is 12.5. The van der Waals surface area contributed by atoms with E-state index in [4.69, 9.17) is 9.47 Å². The molecule has 1 aromatic carbocycles. The van der Waals surface area contributed by atoms with Crippen molar-refractivity contribution in [2.45, 2.75) is 6.10 Å². The maximum Gasteiger partial charge on any atom is 0.250 e. The number of para-hydroxylation sites is 1. The monoisotopic (exact) mass is 304 g/mol. The van der Waals surface area contributed by atoms with Crippen LogP contribution in [0.5, 0.6) is 11.5 Å². The van der Waals surface area contributed by atoms with E-state index in [2.05, 4.69) is 10.6 Å². The lowest BCUT2D eigenvalue weighted by Gasteiger charge is -2.20. The van der Waals surface area contributed by atoms with Crippen LogP contribution < -0.4 is 20.1 Å². The molecule has 0 aromatic heterocycles. The molecule has 6 heteroatoms. The number of methoxy groups -OCH3 is 1. The first-order chi connectivity index (χ1) is 10.7. The Bertz CT molecular complexity index is 600. The molecule has 1 amide bonds. The molecular weight excluding hydrogens is 284 g/mol. The highest BCUT2D eigenvalue weighted by Crippen LogP contribution is 2.35. The first kappa shape index (κ1) is 14.9. The molecule has 0 radical (unpaired) electrons. The highest BCUT2D eigenvalue weighted by atomic mass is 16.5. The summed E-state index contributed by atoms with van der Waals surface area (Å²) < 4.78 is 10.9. The van der Waals surface area contributed by atoms with Crippen LogP contribution in [0.1, 0.15) is 5.56 Å². The number of carbonyl (C=O) groups is 1. The predicted molar refractivity (Wildman–Crippen MR) is 81.8 cm³/mol. The number of fused-ring (bicyclic) bond motifs is 1. The fraction of sp³-hybridized carbons (Fsp3) is 0.438. The Morgan fingerprint density at radius 1 is 1.50 bits per heavy atom. The van der Waals surface area contributed by atoms with Crippen molar-refractivity contribution in [2.24, 2.45) is 5.92 Å². The van der Waals surface area contributed by atoms with Gasteiger partial charge < -0.3 is 25.2 Å². The van der Waals surface area contributed by atoms with E-state index in [0.717, 1.165) is 12.1 Å². The number of benzene rings is 1. The van der Waals surface area contributed by atoms with Crippen LogP contribution in [0.4, 0.5) is 0 Å². The number of hydrogen-bond acceptors (Lipinski definition) is 5. The predicted octanol–water partition coefficient (Wildman–Crippen LogP) is 0.167. The molecule has 2 heterocycles. The van der Waals surface area contributed by atoms with Crippen LogP contribution in [-0.2, 0) is 4.79 Å². The van der Waals surface area contributed by atoms with Crippen LogP contribution in [0, 0.1) is 5.92 Å². The molecule has 1 aromatic rings. The van der Waals surface area contributed by atoms with Crippen molar-refractivity contribution in [1.82, 2.24) is 10.6 Å². The molecule has 0 aliphatic carbocycles. The van der Waals surface area contributed by atoms with Crippen molar-refractivity contribution in [3.05, 3.63) is 29.3 Å². The Labute approximate surface area is 129 Å². The fourth-order valence-corrected chi connectivity index (χ4v) is 2.74. The molecule has 3 N–H and O–H groups in total. The first-order valence-corrected chi connectivity index (χ1v) is 7.36. The molecule has 3 rings (SSSR count). The van der Waals surface area contributed by atoms with Gasteiger partial charge in [0, 0.05) is 31.1 Å². The van der Waals surface area contributed by atoms with Crippen LogP contribution in [0.15, 0.2) is 23.8 Å². The third kappa shape index (κ3) is 2.93. The summed E-state index contributed by atoms with van der Waals surface area (Å²) in [5.41, 5.74) is 1.40. The highest BCUT2D eigenvalue weighted by Gasteiger charge is 2.26. The topological polar surface area (TPSA) is 79.8 Å². The van der Waals surface area contributed by atoms with Gasteiger partial charge in [0.2, 0.25) is 0 Å². The van der Waals surface area contributed by atoms with Gasteiger partial charge in [0.1, 0.15) is 6.61 Å². The van der Waals surface area contributed by atoms with E-state index < -0.39 is 6.10 Å². The van der Waals surface area contributed by atoms with Crippen molar-refractivity contribution in [3.63, 3.8) is 0 Å². The number of ether oxygens (including phenoxy) is 2. The van der Waals surface area contributed by atoms with Gasteiger partial charge >= 0.3 is 0 Å². The van der Waals surface area contributed by atoms with Crippen LogP contribution in [0.3, 0.4) is 0 Å². The lowest BCUT2D eigenvalue weighted by molar-refractivity contribution is -0.118. The van der Waals surface area contributed by atoms with Crippen LogP contribution in [-0.4, -0.2) is 50.5 Å². The van der Waals surface area contributed by atoms with Gasteiger partial charge in [-0.05, 0) is 12.1 Å². The number of aliphatic hydroxyl groups is 1. The summed E-state index contributed by atoms with van der Waals surface area (Å²) in [4.78, 5) is 12.2. The second-order valence-electron chi connectivity index (χ2n) is 5.53. The minimum absolute atomic E-state index is 0.0569. The molecule has 1 fully saturated rings. The van der Waals surface area contributed by atoms with E-state index in [1.807, 2.05) is 24.3 Å². The lowest BCUT2D eigenvalue weighted by Crippen LogP contribution is -2.36. The zero-order valence-electron chi connectivity index (χ0n) is 12.5. The van der Waals surface area contributed by atoms with Crippen LogP contribution in [0.25, 0.3) is 6.08 Å². The number of rotatable bonds is 4. The molecule has 0 saturated carbocycles. The van der Waals surface area contributed by atoms with Gasteiger partial charge in [-0.2, -0.15) is 0 Å². The number of nitrogens with one attached hydrogen (secondary N) is 2. The van der Waals surface area contributed by atoms with Gasteiger partial charge in [-0.15, -0.1) is 0 Å². The third-order valence-corrected chi connectivity index (χ3v) is 4.05. The second kappa shape index (κ2) is 6.37. The largest absolute Gasteiger partial charge is 0.493 e. The summed E-state index contributed by atoms with van der Waals surface area (Å²) >= 11 is 0. The quantitative estimate of drug-likeness (QED) is 0.739. The van der Waals surface area contributed by atoms with E-state index in [1.54, 1.807) is 7.11 Å². The molecule has 2 unspecified atom stereocenters. The number of hydrogen-bond donors (Lipinski definition) is 3. The van der Waals surface area contributed by atoms with Gasteiger partial charge in [0.15, 0.2) is 11.5 Å². The maximum atomic E-state index is 12.2. The minimum atomic E-state index is -0.401. The fourth-order valence-electron chi connectivity index (χ4n) is 2.74. The molecule has 2 aliphatic rings. The number of β-amino-alcohol motifs (C(OH)–C–C–N with tert-alkyl or cyclic N) is 1. The van der Waals surface area contributed by atoms with Crippen molar-refractivity contribution < 1.29 is 19.4 Å². The Morgan fingerprint density at radius 3 is 3.09 bits per heavy atom. The smallest absolute Gasteiger partial charge is 0.250 e. The summed E-state index contributed by atoms with van der Waals surface area (Å²) in [6.07, 6.45) is 1.42. The first-order valence-electron chi connectivity index (χ1n) is 7.36. The molecule has 0 bridgehead atoms. The Morgan fingerprint density at radius 2 is 2.36 bits per heavy atom. The molecule has 22 heavy (non-hydrogen) atoms. The van der Waals surface area contributed by atoms with Crippen LogP contribution in [0.2, 0.25) is 0 Å².